The summed E-state index contributed by atoms with van der Waals surface area (Å²) in [6.07, 6.45) is 0. The summed E-state index contributed by atoms with van der Waals surface area (Å²) in [5.41, 5.74) is 0.799. The Balaban J connectivity index is 1.95. The summed E-state index contributed by atoms with van der Waals surface area (Å²) in [5, 5.41) is 14.1. The lowest BCUT2D eigenvalue weighted by atomic mass is 10.2. The molecule has 0 aliphatic heterocycles. The molecule has 1 amide bonds. The van der Waals surface area contributed by atoms with Gasteiger partial charge in [-0.15, -0.1) is 22.7 Å². The maximum atomic E-state index is 14.0. The van der Waals surface area contributed by atoms with Gasteiger partial charge in [0.05, 0.1) is 28.4 Å². The van der Waals surface area contributed by atoms with E-state index in [1.54, 1.807) is 12.3 Å². The highest BCUT2D eigenvalue weighted by molar-refractivity contribution is 7.16. The average Bonchev–Trinajstić information content (AvgIpc) is 3.21. The Morgan fingerprint density at radius 2 is 2.00 bits per heavy atom. The number of aromatic hydroxyl groups is 1. The zero-order valence-electron chi connectivity index (χ0n) is 13.6. The fraction of sp³-hybridized carbons (Fsp3) is 0.188. The molecular weight excluding hydrogens is 387 g/mol. The molecule has 0 fully saturated rings. The summed E-state index contributed by atoms with van der Waals surface area (Å²) in [6.45, 7) is 3.45. The number of phenols is 1. The van der Waals surface area contributed by atoms with E-state index in [4.69, 9.17) is 5.11 Å². The van der Waals surface area contributed by atoms with Gasteiger partial charge >= 0.3 is 0 Å². The van der Waals surface area contributed by atoms with Gasteiger partial charge in [0.1, 0.15) is 10.0 Å². The number of rotatable bonds is 4. The number of nitrogens with one attached hydrogen (secondary N) is 1. The first-order valence-corrected chi connectivity index (χ1v) is 9.01. The molecule has 2 heterocycles. The molecule has 0 saturated heterocycles. The van der Waals surface area contributed by atoms with Crippen LogP contribution in [-0.4, -0.2) is 21.0 Å². The number of aryl methyl sites for hydroxylation is 1. The van der Waals surface area contributed by atoms with Crippen LogP contribution in [0.5, 0.6) is 5.75 Å². The van der Waals surface area contributed by atoms with E-state index in [1.165, 1.54) is 18.3 Å². The smallest absolute Gasteiger partial charge is 0.217 e. The van der Waals surface area contributed by atoms with Gasteiger partial charge < -0.3 is 10.4 Å². The third-order valence-corrected chi connectivity index (χ3v) is 5.49. The summed E-state index contributed by atoms with van der Waals surface area (Å²) >= 11 is 2.33. The highest BCUT2D eigenvalue weighted by Crippen LogP contribution is 2.37. The molecule has 0 unspecified atom stereocenters. The van der Waals surface area contributed by atoms with Crippen LogP contribution in [0.4, 0.5) is 13.2 Å². The number of halogens is 3. The van der Waals surface area contributed by atoms with Crippen molar-refractivity contribution in [3.63, 3.8) is 0 Å². The van der Waals surface area contributed by atoms with Crippen LogP contribution in [0.1, 0.15) is 17.6 Å². The van der Waals surface area contributed by atoms with E-state index in [0.717, 1.165) is 11.3 Å². The monoisotopic (exact) mass is 399 g/mol. The standard InChI is InChI=1S/C16H12F3N3O2S2/c1-6-15(26-11(21-6)4-20-7(2)23)10-5-25-16(22-10)8-3-9(17)14(24)13(19)12(8)18/h3,5,24H,4H2,1-2H3,(H,20,23). The van der Waals surface area contributed by atoms with Gasteiger partial charge in [0.2, 0.25) is 11.7 Å². The van der Waals surface area contributed by atoms with Gasteiger partial charge in [-0.1, -0.05) is 0 Å². The number of nitrogens with zero attached hydrogens (tertiary/aromatic N) is 2. The number of hydrogen-bond donors (Lipinski definition) is 2. The summed E-state index contributed by atoms with van der Waals surface area (Å²) in [7, 11) is 0. The lowest BCUT2D eigenvalue weighted by molar-refractivity contribution is -0.119. The fourth-order valence-electron chi connectivity index (χ4n) is 2.21. The molecule has 0 aliphatic rings. The van der Waals surface area contributed by atoms with Crippen molar-refractivity contribution in [1.29, 1.82) is 0 Å². The minimum absolute atomic E-state index is 0.0755. The second-order valence-corrected chi connectivity index (χ2v) is 7.29. The first-order chi connectivity index (χ1) is 12.3. The van der Waals surface area contributed by atoms with E-state index in [2.05, 4.69) is 15.3 Å². The third kappa shape index (κ3) is 3.42. The number of amides is 1. The van der Waals surface area contributed by atoms with Crippen LogP contribution in [0.3, 0.4) is 0 Å². The van der Waals surface area contributed by atoms with Crippen molar-refractivity contribution in [3.05, 3.63) is 39.6 Å². The fourth-order valence-corrected chi connectivity index (χ4v) is 4.07. The van der Waals surface area contributed by atoms with E-state index in [1.807, 2.05) is 0 Å². The predicted octanol–water partition coefficient (Wildman–Crippen LogP) is 4.00. The first kappa shape index (κ1) is 18.3. The van der Waals surface area contributed by atoms with Crippen molar-refractivity contribution in [2.24, 2.45) is 0 Å². The van der Waals surface area contributed by atoms with Gasteiger partial charge in [0.25, 0.3) is 0 Å². The lowest BCUT2D eigenvalue weighted by Gasteiger charge is -2.03. The molecule has 3 aromatic rings. The van der Waals surface area contributed by atoms with Crippen molar-refractivity contribution in [2.75, 3.05) is 0 Å². The Kier molecular flexibility index (Phi) is 4.97. The molecule has 0 saturated carbocycles. The molecule has 2 aromatic heterocycles. The predicted molar refractivity (Wildman–Crippen MR) is 92.5 cm³/mol. The Morgan fingerprint density at radius 3 is 2.69 bits per heavy atom. The Hall–Kier alpha value is -2.46. The zero-order chi connectivity index (χ0) is 19.0. The molecule has 3 rings (SSSR count). The van der Waals surface area contributed by atoms with E-state index >= 15 is 0 Å². The van der Waals surface area contributed by atoms with E-state index in [9.17, 15) is 18.0 Å². The van der Waals surface area contributed by atoms with Crippen LogP contribution < -0.4 is 5.32 Å². The van der Waals surface area contributed by atoms with E-state index < -0.39 is 23.2 Å². The lowest BCUT2D eigenvalue weighted by Crippen LogP contribution is -2.18. The summed E-state index contributed by atoms with van der Waals surface area (Å²) in [6, 6.07) is 0.706. The zero-order valence-corrected chi connectivity index (χ0v) is 15.2. The summed E-state index contributed by atoms with van der Waals surface area (Å²) in [4.78, 5) is 20.3. The van der Waals surface area contributed by atoms with Crippen molar-refractivity contribution in [1.82, 2.24) is 15.3 Å². The molecule has 0 aliphatic carbocycles. The molecular formula is C16H12F3N3O2S2. The molecule has 0 atom stereocenters. The number of carbonyl (C=O) groups is 1. The second-order valence-electron chi connectivity index (χ2n) is 5.35. The SMILES string of the molecule is CC(=O)NCc1nc(C)c(-c2csc(-c3cc(F)c(O)c(F)c3F)n2)s1. The van der Waals surface area contributed by atoms with Gasteiger partial charge in [-0.05, 0) is 13.0 Å². The number of carbonyl (C=O) groups excluding carboxylic acids is 1. The average molecular weight is 399 g/mol. The molecule has 0 bridgehead atoms. The van der Waals surface area contributed by atoms with Crippen LogP contribution in [0.15, 0.2) is 11.4 Å². The molecule has 2 N–H and O–H groups in total. The second kappa shape index (κ2) is 7.04. The molecule has 136 valence electrons. The van der Waals surface area contributed by atoms with Gasteiger partial charge in [-0.2, -0.15) is 4.39 Å². The number of thiazole rings is 2. The third-order valence-electron chi connectivity index (χ3n) is 3.43. The number of benzene rings is 1. The van der Waals surface area contributed by atoms with Crippen LogP contribution in [0.25, 0.3) is 21.1 Å². The van der Waals surface area contributed by atoms with Crippen LogP contribution >= 0.6 is 22.7 Å². The van der Waals surface area contributed by atoms with Crippen molar-refractivity contribution in [3.8, 4) is 26.9 Å². The molecule has 5 nitrogen and oxygen atoms in total. The number of hydrogen-bond acceptors (Lipinski definition) is 6. The van der Waals surface area contributed by atoms with Crippen molar-refractivity contribution in [2.45, 2.75) is 20.4 Å². The van der Waals surface area contributed by atoms with Gasteiger partial charge in [0, 0.05) is 12.3 Å². The number of aromatic nitrogens is 2. The maximum absolute atomic E-state index is 14.0. The van der Waals surface area contributed by atoms with Crippen molar-refractivity contribution < 1.29 is 23.1 Å². The Morgan fingerprint density at radius 1 is 1.27 bits per heavy atom. The Bertz CT molecular complexity index is 1000. The van der Waals surface area contributed by atoms with E-state index in [-0.39, 0.29) is 23.0 Å². The van der Waals surface area contributed by atoms with Crippen LogP contribution in [0.2, 0.25) is 0 Å². The highest BCUT2D eigenvalue weighted by Gasteiger charge is 2.22. The molecule has 10 heteroatoms. The van der Waals surface area contributed by atoms with Gasteiger partial charge in [-0.3, -0.25) is 4.79 Å². The van der Waals surface area contributed by atoms with Gasteiger partial charge in [0.15, 0.2) is 17.4 Å². The normalized spacial score (nSPS) is 11.0. The topological polar surface area (TPSA) is 75.1 Å². The highest BCUT2D eigenvalue weighted by atomic mass is 32.1. The Labute approximate surface area is 154 Å². The van der Waals surface area contributed by atoms with Crippen molar-refractivity contribution >= 4 is 28.6 Å². The molecule has 26 heavy (non-hydrogen) atoms. The molecule has 0 radical (unpaired) electrons. The van der Waals surface area contributed by atoms with E-state index in [0.29, 0.717) is 27.3 Å². The van der Waals surface area contributed by atoms with Crippen LogP contribution in [-0.2, 0) is 11.3 Å². The summed E-state index contributed by atoms with van der Waals surface area (Å²) in [5.74, 6) is -5.81. The van der Waals surface area contributed by atoms with Gasteiger partial charge in [-0.25, -0.2) is 18.7 Å². The maximum Gasteiger partial charge on any atom is 0.217 e. The van der Waals surface area contributed by atoms with Crippen LogP contribution in [0, 0.1) is 24.4 Å². The quantitative estimate of drug-likeness (QED) is 0.651. The molecule has 1 aromatic carbocycles. The number of phenolic OH excluding ortho intramolecular Hbond substituents is 1. The minimum atomic E-state index is -1.65. The minimum Gasteiger partial charge on any atom is -0.503 e. The summed E-state index contributed by atoms with van der Waals surface area (Å²) < 4.78 is 41.1. The largest absolute Gasteiger partial charge is 0.503 e. The molecule has 0 spiro atoms. The first-order valence-electron chi connectivity index (χ1n) is 7.31.